The molecule has 14 heavy (non-hydrogen) atoms. The van der Waals surface area contributed by atoms with Crippen molar-refractivity contribution in [3.8, 4) is 11.8 Å². The van der Waals surface area contributed by atoms with Crippen LogP contribution in [0.1, 0.15) is 12.8 Å². The zero-order valence-electron chi connectivity index (χ0n) is 7.43. The van der Waals surface area contributed by atoms with Gasteiger partial charge in [-0.05, 0) is 0 Å². The third-order valence-electron chi connectivity index (χ3n) is 1.40. The molecule has 0 saturated carbocycles. The van der Waals surface area contributed by atoms with Crippen LogP contribution in [0.15, 0.2) is 0 Å². The van der Waals surface area contributed by atoms with Gasteiger partial charge in [-0.2, -0.15) is 0 Å². The topological polar surface area (TPSA) is 127 Å². The number of carboxylic acids is 2. The van der Waals surface area contributed by atoms with Crippen LogP contribution in [0.25, 0.3) is 0 Å². The third-order valence-corrected chi connectivity index (χ3v) is 1.40. The Labute approximate surface area is 80.9 Å². The second-order valence-electron chi connectivity index (χ2n) is 2.65. The first-order valence-electron chi connectivity index (χ1n) is 3.87. The molecule has 6 N–H and O–H groups in total. The summed E-state index contributed by atoms with van der Waals surface area (Å²) in [6.07, 6.45) is -0.0245. The molecule has 0 aliphatic rings. The Kier molecular flexibility index (Phi) is 5.29. The highest BCUT2D eigenvalue weighted by Crippen LogP contribution is 1.88. The van der Waals surface area contributed by atoms with Gasteiger partial charge in [0.05, 0.1) is 0 Å². The first-order valence-corrected chi connectivity index (χ1v) is 3.87. The molecule has 0 radical (unpaired) electrons. The number of hydrogen-bond donors (Lipinski definition) is 4. The second-order valence-corrected chi connectivity index (χ2v) is 2.65. The first kappa shape index (κ1) is 12.4. The number of aliphatic carboxylic acids is 2. The summed E-state index contributed by atoms with van der Waals surface area (Å²) < 4.78 is 0. The summed E-state index contributed by atoms with van der Waals surface area (Å²) in [6, 6.07) is -2.08. The van der Waals surface area contributed by atoms with Crippen LogP contribution in [0, 0.1) is 11.8 Å². The minimum absolute atomic E-state index is 0.0122. The van der Waals surface area contributed by atoms with E-state index in [1.807, 2.05) is 0 Å². The molecule has 2 atom stereocenters. The molecule has 0 fully saturated rings. The molecule has 6 heteroatoms. The number of nitrogens with two attached hydrogens (primary N) is 2. The van der Waals surface area contributed by atoms with Crippen molar-refractivity contribution >= 4 is 11.9 Å². The molecule has 78 valence electrons. The summed E-state index contributed by atoms with van der Waals surface area (Å²) in [7, 11) is 0. The normalized spacial score (nSPS) is 13.6. The maximum Gasteiger partial charge on any atom is 0.321 e. The van der Waals surface area contributed by atoms with Gasteiger partial charge in [0.2, 0.25) is 0 Å². The zero-order valence-corrected chi connectivity index (χ0v) is 7.43. The molecule has 0 aromatic carbocycles. The molecular weight excluding hydrogens is 188 g/mol. The van der Waals surface area contributed by atoms with Crippen molar-refractivity contribution in [3.63, 3.8) is 0 Å². The number of rotatable bonds is 4. The number of hydrogen-bond acceptors (Lipinski definition) is 4. The van der Waals surface area contributed by atoms with E-state index >= 15 is 0 Å². The van der Waals surface area contributed by atoms with E-state index in [1.54, 1.807) is 0 Å². The van der Waals surface area contributed by atoms with Crippen LogP contribution in [-0.4, -0.2) is 34.2 Å². The lowest BCUT2D eigenvalue weighted by molar-refractivity contribution is -0.139. The van der Waals surface area contributed by atoms with Gasteiger partial charge in [-0.15, -0.1) is 11.8 Å². The van der Waals surface area contributed by atoms with Gasteiger partial charge < -0.3 is 21.7 Å². The lowest BCUT2D eigenvalue weighted by atomic mass is 10.2. The molecule has 0 heterocycles. The van der Waals surface area contributed by atoms with Crippen LogP contribution in [-0.2, 0) is 9.59 Å². The predicted molar refractivity (Wildman–Crippen MR) is 48.2 cm³/mol. The Balaban J connectivity index is 3.85. The van der Waals surface area contributed by atoms with Crippen molar-refractivity contribution in [2.75, 3.05) is 0 Å². The minimum atomic E-state index is -1.14. The molecule has 0 bridgehead atoms. The van der Waals surface area contributed by atoms with E-state index < -0.39 is 24.0 Å². The predicted octanol–water partition coefficient (Wildman–Crippen LogP) is -1.41. The van der Waals surface area contributed by atoms with Crippen LogP contribution in [0.4, 0.5) is 0 Å². The van der Waals surface area contributed by atoms with Crippen LogP contribution in [0.2, 0.25) is 0 Å². The van der Waals surface area contributed by atoms with Crippen molar-refractivity contribution < 1.29 is 19.8 Å². The smallest absolute Gasteiger partial charge is 0.321 e. The molecule has 0 amide bonds. The van der Waals surface area contributed by atoms with Gasteiger partial charge in [0, 0.05) is 12.8 Å². The lowest BCUT2D eigenvalue weighted by Gasteiger charge is -2.00. The van der Waals surface area contributed by atoms with Crippen LogP contribution in [0.5, 0.6) is 0 Å². The summed E-state index contributed by atoms with van der Waals surface area (Å²) in [5.74, 6) is 2.63. The van der Waals surface area contributed by atoms with E-state index in [0.29, 0.717) is 0 Å². The van der Waals surface area contributed by atoms with Crippen molar-refractivity contribution in [2.24, 2.45) is 11.5 Å². The van der Waals surface area contributed by atoms with Crippen LogP contribution >= 0.6 is 0 Å². The van der Waals surface area contributed by atoms with Gasteiger partial charge in [-0.25, -0.2) is 0 Å². The molecule has 0 aliphatic heterocycles. The maximum absolute atomic E-state index is 10.2. The van der Waals surface area contributed by atoms with Crippen molar-refractivity contribution in [3.05, 3.63) is 0 Å². The van der Waals surface area contributed by atoms with E-state index in [4.69, 9.17) is 21.7 Å². The quantitative estimate of drug-likeness (QED) is 0.413. The fourth-order valence-corrected chi connectivity index (χ4v) is 0.539. The Hall–Kier alpha value is -1.58. The summed E-state index contributed by atoms with van der Waals surface area (Å²) in [4.78, 5) is 20.4. The summed E-state index contributed by atoms with van der Waals surface area (Å²) >= 11 is 0. The van der Waals surface area contributed by atoms with E-state index in [2.05, 4.69) is 11.8 Å². The molecular formula is C8H12N2O4. The number of carboxylic acid groups (broad SMARTS) is 2. The van der Waals surface area contributed by atoms with Gasteiger partial charge in [0.15, 0.2) is 0 Å². The second kappa shape index (κ2) is 5.96. The maximum atomic E-state index is 10.2. The summed E-state index contributed by atoms with van der Waals surface area (Å²) in [5, 5.41) is 16.7. The first-order chi connectivity index (χ1) is 6.45. The average molecular weight is 200 g/mol. The highest BCUT2D eigenvalue weighted by atomic mass is 16.4. The minimum Gasteiger partial charge on any atom is -0.480 e. The Bertz CT molecular complexity index is 253. The van der Waals surface area contributed by atoms with Crippen LogP contribution in [0.3, 0.4) is 0 Å². The molecule has 0 spiro atoms. The highest BCUT2D eigenvalue weighted by Gasteiger charge is 2.10. The standard InChI is InChI=1S/C8H12N2O4/c9-5(7(11)12)3-1-2-4-6(10)8(13)14/h5-6H,3-4,9-10H2,(H,11,12)(H,13,14). The van der Waals surface area contributed by atoms with E-state index in [9.17, 15) is 9.59 Å². The molecule has 6 nitrogen and oxygen atoms in total. The zero-order chi connectivity index (χ0) is 11.1. The average Bonchev–Trinajstić information content (AvgIpc) is 2.11. The van der Waals surface area contributed by atoms with Crippen LogP contribution < -0.4 is 11.5 Å². The van der Waals surface area contributed by atoms with E-state index in [-0.39, 0.29) is 12.8 Å². The van der Waals surface area contributed by atoms with Crippen molar-refractivity contribution in [1.29, 1.82) is 0 Å². The van der Waals surface area contributed by atoms with E-state index in [1.165, 1.54) is 0 Å². The van der Waals surface area contributed by atoms with Gasteiger partial charge in [-0.3, -0.25) is 9.59 Å². The molecule has 0 aromatic heterocycles. The van der Waals surface area contributed by atoms with Gasteiger partial charge in [-0.1, -0.05) is 0 Å². The molecule has 0 saturated heterocycles. The monoisotopic (exact) mass is 200 g/mol. The Morgan fingerprint density at radius 2 is 1.29 bits per heavy atom. The summed E-state index contributed by atoms with van der Waals surface area (Å²) in [6.45, 7) is 0. The Morgan fingerprint density at radius 3 is 1.50 bits per heavy atom. The lowest BCUT2D eigenvalue weighted by Crippen LogP contribution is -2.30. The molecule has 0 aliphatic carbocycles. The molecule has 0 aromatic rings. The fraction of sp³-hybridized carbons (Fsp3) is 0.500. The SMILES string of the molecule is NC(CC#CCC(N)C(=O)O)C(=O)O. The largest absolute Gasteiger partial charge is 0.480 e. The summed E-state index contributed by atoms with van der Waals surface area (Å²) in [5.41, 5.74) is 10.3. The van der Waals surface area contributed by atoms with Gasteiger partial charge in [0.1, 0.15) is 12.1 Å². The Morgan fingerprint density at radius 1 is 1.00 bits per heavy atom. The molecule has 2 unspecified atom stereocenters. The van der Waals surface area contributed by atoms with Crippen molar-refractivity contribution in [1.82, 2.24) is 0 Å². The fourth-order valence-electron chi connectivity index (χ4n) is 0.539. The van der Waals surface area contributed by atoms with Gasteiger partial charge >= 0.3 is 11.9 Å². The number of carbonyl (C=O) groups is 2. The highest BCUT2D eigenvalue weighted by molar-refractivity contribution is 5.74. The van der Waals surface area contributed by atoms with E-state index in [0.717, 1.165) is 0 Å². The molecule has 0 rings (SSSR count). The third kappa shape index (κ3) is 5.13. The van der Waals surface area contributed by atoms with Crippen molar-refractivity contribution in [2.45, 2.75) is 24.9 Å². The van der Waals surface area contributed by atoms with Gasteiger partial charge in [0.25, 0.3) is 0 Å².